The number of carbonyl (C=O) groups excluding carboxylic acids is 1. The molecular formula is C25H28N2O5S. The van der Waals surface area contributed by atoms with Gasteiger partial charge in [0.05, 0.1) is 39.7 Å². The molecule has 0 aliphatic heterocycles. The fourth-order valence-corrected chi connectivity index (χ4v) is 5.34. The molecule has 0 unspecified atom stereocenters. The molecule has 1 aliphatic carbocycles. The quantitative estimate of drug-likeness (QED) is 0.453. The average Bonchev–Trinajstić information content (AvgIpc) is 3.43. The highest BCUT2D eigenvalue weighted by Crippen LogP contribution is 2.40. The van der Waals surface area contributed by atoms with E-state index in [-0.39, 0.29) is 5.91 Å². The third-order valence-corrected chi connectivity index (χ3v) is 6.98. The van der Waals surface area contributed by atoms with Crippen molar-refractivity contribution in [1.29, 1.82) is 0 Å². The lowest BCUT2D eigenvalue weighted by atomic mass is 10.1. The first kappa shape index (κ1) is 22.8. The third-order valence-electron chi connectivity index (χ3n) is 5.73. The van der Waals surface area contributed by atoms with Gasteiger partial charge >= 0.3 is 0 Å². The smallest absolute Gasteiger partial charge is 0.259 e. The largest absolute Gasteiger partial charge is 0.497 e. The maximum atomic E-state index is 13.5. The zero-order valence-electron chi connectivity index (χ0n) is 19.2. The minimum atomic E-state index is -0.166. The summed E-state index contributed by atoms with van der Waals surface area (Å²) in [6.45, 7) is 0.503. The topological polar surface area (TPSA) is 78.1 Å². The van der Waals surface area contributed by atoms with Gasteiger partial charge in [0.1, 0.15) is 28.0 Å². The van der Waals surface area contributed by atoms with E-state index in [4.69, 9.17) is 18.9 Å². The molecule has 0 atom stereocenters. The highest BCUT2D eigenvalue weighted by atomic mass is 32.1. The van der Waals surface area contributed by atoms with E-state index in [9.17, 15) is 4.79 Å². The minimum absolute atomic E-state index is 0.166. The summed E-state index contributed by atoms with van der Waals surface area (Å²) in [6, 6.07) is 11.0. The van der Waals surface area contributed by atoms with Crippen LogP contribution < -0.4 is 29.6 Å². The van der Waals surface area contributed by atoms with Gasteiger partial charge in [-0.25, -0.2) is 0 Å². The highest BCUT2D eigenvalue weighted by molar-refractivity contribution is 7.16. The summed E-state index contributed by atoms with van der Waals surface area (Å²) in [5.41, 5.74) is 3.34. The Labute approximate surface area is 197 Å². The number of ether oxygens (including phenoxy) is 4. The zero-order valence-corrected chi connectivity index (χ0v) is 20.1. The first-order valence-corrected chi connectivity index (χ1v) is 11.5. The summed E-state index contributed by atoms with van der Waals surface area (Å²) in [5.74, 6) is 2.57. The Morgan fingerprint density at radius 3 is 2.30 bits per heavy atom. The molecular weight excluding hydrogens is 440 g/mol. The van der Waals surface area contributed by atoms with Gasteiger partial charge in [0, 0.05) is 23.1 Å². The van der Waals surface area contributed by atoms with E-state index in [1.54, 1.807) is 58.0 Å². The molecule has 2 aromatic carbocycles. The molecule has 0 spiro atoms. The van der Waals surface area contributed by atoms with Crippen molar-refractivity contribution < 1.29 is 23.7 Å². The van der Waals surface area contributed by atoms with E-state index in [1.165, 1.54) is 4.88 Å². The van der Waals surface area contributed by atoms with Gasteiger partial charge in [-0.1, -0.05) is 0 Å². The van der Waals surface area contributed by atoms with Crippen LogP contribution in [0.5, 0.6) is 23.0 Å². The molecule has 0 fully saturated rings. The SMILES string of the molecule is COc1ccc(OC)c(CNc2sc3c(c2C(=O)Nc2cc(OC)ccc2OC)CCC3)c1. The predicted molar refractivity (Wildman–Crippen MR) is 131 cm³/mol. The first-order chi connectivity index (χ1) is 16.1. The van der Waals surface area contributed by atoms with Gasteiger partial charge in [-0.15, -0.1) is 11.3 Å². The average molecular weight is 469 g/mol. The number of methoxy groups -OCH3 is 4. The molecule has 33 heavy (non-hydrogen) atoms. The second-order valence-electron chi connectivity index (χ2n) is 7.61. The summed E-state index contributed by atoms with van der Waals surface area (Å²) in [6.07, 6.45) is 2.95. The molecule has 3 aromatic rings. The van der Waals surface area contributed by atoms with E-state index in [2.05, 4.69) is 10.6 Å². The molecule has 1 aromatic heterocycles. The van der Waals surface area contributed by atoms with Crippen molar-refractivity contribution in [2.24, 2.45) is 0 Å². The van der Waals surface area contributed by atoms with Gasteiger partial charge in [0.15, 0.2) is 0 Å². The Kier molecular flexibility index (Phi) is 6.93. The van der Waals surface area contributed by atoms with Crippen molar-refractivity contribution in [3.63, 3.8) is 0 Å². The number of carbonyl (C=O) groups is 1. The van der Waals surface area contributed by atoms with Gasteiger partial charge < -0.3 is 29.6 Å². The van der Waals surface area contributed by atoms with Crippen LogP contribution in [0.15, 0.2) is 36.4 Å². The molecule has 8 heteroatoms. The highest BCUT2D eigenvalue weighted by Gasteiger charge is 2.27. The summed E-state index contributed by atoms with van der Waals surface area (Å²) < 4.78 is 21.6. The van der Waals surface area contributed by atoms with E-state index < -0.39 is 0 Å². The number of benzene rings is 2. The van der Waals surface area contributed by atoms with Crippen molar-refractivity contribution in [3.8, 4) is 23.0 Å². The second-order valence-corrected chi connectivity index (χ2v) is 8.72. The molecule has 1 heterocycles. The Morgan fingerprint density at radius 1 is 0.909 bits per heavy atom. The van der Waals surface area contributed by atoms with Crippen LogP contribution in [-0.2, 0) is 19.4 Å². The van der Waals surface area contributed by atoms with Crippen LogP contribution in [0.3, 0.4) is 0 Å². The van der Waals surface area contributed by atoms with Gasteiger partial charge in [-0.2, -0.15) is 0 Å². The number of fused-ring (bicyclic) bond motifs is 1. The molecule has 0 bridgehead atoms. The molecule has 174 valence electrons. The number of amides is 1. The van der Waals surface area contributed by atoms with E-state index in [1.807, 2.05) is 18.2 Å². The second kappa shape index (κ2) is 10.0. The number of rotatable bonds is 9. The van der Waals surface area contributed by atoms with E-state index >= 15 is 0 Å². The van der Waals surface area contributed by atoms with E-state index in [0.717, 1.165) is 46.9 Å². The molecule has 0 radical (unpaired) electrons. The lowest BCUT2D eigenvalue weighted by Gasteiger charge is -2.14. The Balaban J connectivity index is 1.62. The van der Waals surface area contributed by atoms with Crippen LogP contribution in [0.4, 0.5) is 10.7 Å². The van der Waals surface area contributed by atoms with E-state index in [0.29, 0.717) is 29.3 Å². The molecule has 4 rings (SSSR count). The lowest BCUT2D eigenvalue weighted by Crippen LogP contribution is -2.16. The normalized spacial score (nSPS) is 12.1. The van der Waals surface area contributed by atoms with Crippen molar-refractivity contribution >= 4 is 27.9 Å². The van der Waals surface area contributed by atoms with Crippen LogP contribution >= 0.6 is 11.3 Å². The van der Waals surface area contributed by atoms with Crippen LogP contribution in [0.25, 0.3) is 0 Å². The molecule has 2 N–H and O–H groups in total. The number of anilines is 2. The lowest BCUT2D eigenvalue weighted by molar-refractivity contribution is 0.102. The molecule has 7 nitrogen and oxygen atoms in total. The molecule has 1 amide bonds. The summed E-state index contributed by atoms with van der Waals surface area (Å²) in [7, 11) is 6.45. The fraction of sp³-hybridized carbons (Fsp3) is 0.320. The number of nitrogens with one attached hydrogen (secondary N) is 2. The van der Waals surface area contributed by atoms with Crippen LogP contribution in [-0.4, -0.2) is 34.3 Å². The van der Waals surface area contributed by atoms with Crippen molar-refractivity contribution in [3.05, 3.63) is 58.0 Å². The standard InChI is InChI=1S/C25H28N2O5S/c1-29-16-8-10-20(31-3)15(12-16)14-26-25-23(18-6-5-7-22(18)33-25)24(28)27-19-13-17(30-2)9-11-21(19)32-4/h8-13,26H,5-7,14H2,1-4H3,(H,27,28). The van der Waals surface area contributed by atoms with Gasteiger partial charge in [-0.05, 0) is 55.2 Å². The summed E-state index contributed by atoms with van der Waals surface area (Å²) in [4.78, 5) is 14.7. The molecule has 0 saturated heterocycles. The fourth-order valence-electron chi connectivity index (χ4n) is 4.06. The van der Waals surface area contributed by atoms with Crippen molar-refractivity contribution in [2.45, 2.75) is 25.8 Å². The Morgan fingerprint density at radius 2 is 1.61 bits per heavy atom. The number of aryl methyl sites for hydroxylation is 1. The first-order valence-electron chi connectivity index (χ1n) is 10.7. The van der Waals surface area contributed by atoms with Crippen molar-refractivity contribution in [1.82, 2.24) is 0 Å². The molecule has 0 saturated carbocycles. The Hall–Kier alpha value is -3.39. The zero-order chi connectivity index (χ0) is 23.4. The summed E-state index contributed by atoms with van der Waals surface area (Å²) >= 11 is 1.65. The number of thiophene rings is 1. The van der Waals surface area contributed by atoms with Gasteiger partial charge in [-0.3, -0.25) is 4.79 Å². The van der Waals surface area contributed by atoms with Gasteiger partial charge in [0.2, 0.25) is 0 Å². The maximum Gasteiger partial charge on any atom is 0.259 e. The Bertz CT molecular complexity index is 1160. The van der Waals surface area contributed by atoms with Crippen LogP contribution in [0, 0.1) is 0 Å². The number of hydrogen-bond donors (Lipinski definition) is 2. The van der Waals surface area contributed by atoms with Crippen LogP contribution in [0.1, 0.15) is 32.8 Å². The monoisotopic (exact) mass is 468 g/mol. The predicted octanol–water partition coefficient (Wildman–Crippen LogP) is 5.14. The minimum Gasteiger partial charge on any atom is -0.497 e. The van der Waals surface area contributed by atoms with Gasteiger partial charge in [0.25, 0.3) is 5.91 Å². The third kappa shape index (κ3) is 4.71. The summed E-state index contributed by atoms with van der Waals surface area (Å²) in [5, 5.41) is 7.35. The molecule has 1 aliphatic rings. The van der Waals surface area contributed by atoms with Crippen LogP contribution in [0.2, 0.25) is 0 Å². The van der Waals surface area contributed by atoms with Crippen molar-refractivity contribution in [2.75, 3.05) is 39.1 Å². The maximum absolute atomic E-state index is 13.5. The number of hydrogen-bond acceptors (Lipinski definition) is 7.